The van der Waals surface area contributed by atoms with Crippen LogP contribution in [0, 0.1) is 5.92 Å². The van der Waals surface area contributed by atoms with Gasteiger partial charge in [-0.05, 0) is 48.6 Å². The van der Waals surface area contributed by atoms with E-state index >= 15 is 0 Å². The number of nitrogens with zero attached hydrogens (tertiary/aromatic N) is 2. The quantitative estimate of drug-likeness (QED) is 0.349. The van der Waals surface area contributed by atoms with Crippen LogP contribution in [0.25, 0.3) is 0 Å². The molecule has 0 saturated carbocycles. The average molecular weight is 536 g/mol. The minimum absolute atomic E-state index is 0.0919. The van der Waals surface area contributed by atoms with Gasteiger partial charge in [-0.25, -0.2) is 8.42 Å². The van der Waals surface area contributed by atoms with E-state index in [1.165, 1.54) is 17.0 Å². The summed E-state index contributed by atoms with van der Waals surface area (Å²) in [7, 11) is -4.04. The molecule has 0 fully saturated rings. The largest absolute Gasteiger partial charge is 0.354 e. The van der Waals surface area contributed by atoms with Crippen molar-refractivity contribution >= 4 is 27.5 Å². The summed E-state index contributed by atoms with van der Waals surface area (Å²) in [4.78, 5) is 28.7. The van der Waals surface area contributed by atoms with Crippen molar-refractivity contribution < 1.29 is 18.0 Å². The third kappa shape index (κ3) is 7.68. The number of carbonyl (C=O) groups is 2. The van der Waals surface area contributed by atoms with Gasteiger partial charge in [0.25, 0.3) is 10.0 Å². The molecular weight excluding hydrogens is 498 g/mol. The van der Waals surface area contributed by atoms with E-state index in [4.69, 9.17) is 0 Å². The van der Waals surface area contributed by atoms with Crippen LogP contribution in [0.1, 0.15) is 32.8 Å². The molecule has 0 bridgehead atoms. The maximum atomic E-state index is 13.9. The third-order valence-corrected chi connectivity index (χ3v) is 8.00. The lowest BCUT2D eigenvalue weighted by Gasteiger charge is -2.33. The number of nitrogens with one attached hydrogen (secondary N) is 1. The summed E-state index contributed by atoms with van der Waals surface area (Å²) in [6.07, 6.45) is 0.943. The molecule has 0 aliphatic carbocycles. The van der Waals surface area contributed by atoms with Gasteiger partial charge in [0.15, 0.2) is 0 Å². The van der Waals surface area contributed by atoms with Crippen molar-refractivity contribution in [2.24, 2.45) is 5.92 Å². The molecule has 202 valence electrons. The van der Waals surface area contributed by atoms with Crippen LogP contribution in [0.2, 0.25) is 0 Å². The highest BCUT2D eigenvalue weighted by Crippen LogP contribution is 2.24. The number of amides is 2. The Bertz CT molecular complexity index is 1270. The Kier molecular flexibility index (Phi) is 10.5. The van der Waals surface area contributed by atoms with E-state index in [9.17, 15) is 18.0 Å². The van der Waals surface area contributed by atoms with E-state index in [1.54, 1.807) is 48.5 Å². The summed E-state index contributed by atoms with van der Waals surface area (Å²) in [5.41, 5.74) is 1.41. The fraction of sp³-hybridized carbons (Fsp3) is 0.333. The fourth-order valence-electron chi connectivity index (χ4n) is 4.16. The van der Waals surface area contributed by atoms with Crippen LogP contribution in [0.3, 0.4) is 0 Å². The first-order valence-corrected chi connectivity index (χ1v) is 14.4. The Balaban J connectivity index is 1.95. The maximum Gasteiger partial charge on any atom is 0.264 e. The molecule has 38 heavy (non-hydrogen) atoms. The number of anilines is 1. The minimum atomic E-state index is -4.04. The smallest absolute Gasteiger partial charge is 0.264 e. The molecular formula is C30H37N3O4S. The van der Waals surface area contributed by atoms with Gasteiger partial charge < -0.3 is 10.2 Å². The van der Waals surface area contributed by atoms with Gasteiger partial charge in [0.1, 0.15) is 12.6 Å². The van der Waals surface area contributed by atoms with E-state index < -0.39 is 28.5 Å². The van der Waals surface area contributed by atoms with Crippen LogP contribution < -0.4 is 9.62 Å². The molecule has 0 heterocycles. The molecule has 2 amide bonds. The Morgan fingerprint density at radius 3 is 1.95 bits per heavy atom. The summed E-state index contributed by atoms with van der Waals surface area (Å²) in [5.74, 6) is -0.412. The summed E-state index contributed by atoms with van der Waals surface area (Å²) in [5, 5.41) is 2.94. The Labute approximate surface area is 226 Å². The van der Waals surface area contributed by atoms with E-state index in [-0.39, 0.29) is 23.3 Å². The highest BCUT2D eigenvalue weighted by atomic mass is 32.2. The van der Waals surface area contributed by atoms with Gasteiger partial charge in [-0.2, -0.15) is 0 Å². The number of rotatable bonds is 13. The second-order valence-corrected chi connectivity index (χ2v) is 11.4. The van der Waals surface area contributed by atoms with Gasteiger partial charge >= 0.3 is 0 Å². The van der Waals surface area contributed by atoms with Crippen molar-refractivity contribution in [2.75, 3.05) is 23.9 Å². The zero-order valence-electron chi connectivity index (χ0n) is 22.3. The van der Waals surface area contributed by atoms with E-state index in [0.29, 0.717) is 25.1 Å². The molecule has 0 aliphatic rings. The molecule has 0 spiro atoms. The minimum Gasteiger partial charge on any atom is -0.354 e. The summed E-state index contributed by atoms with van der Waals surface area (Å²) in [6.45, 7) is 6.22. The van der Waals surface area contributed by atoms with Gasteiger partial charge in [-0.15, -0.1) is 0 Å². The van der Waals surface area contributed by atoms with Crippen molar-refractivity contribution in [3.05, 3.63) is 96.6 Å². The van der Waals surface area contributed by atoms with Crippen molar-refractivity contribution in [1.29, 1.82) is 0 Å². The van der Waals surface area contributed by atoms with Crippen LogP contribution in [0.15, 0.2) is 95.9 Å². The monoisotopic (exact) mass is 535 g/mol. The van der Waals surface area contributed by atoms with E-state index in [1.807, 2.05) is 51.1 Å². The molecule has 3 rings (SSSR count). The number of hydrogen-bond acceptors (Lipinski definition) is 4. The van der Waals surface area contributed by atoms with Crippen LogP contribution in [-0.2, 0) is 26.0 Å². The van der Waals surface area contributed by atoms with Crippen LogP contribution >= 0.6 is 0 Å². The van der Waals surface area contributed by atoms with Crippen LogP contribution in [0.5, 0.6) is 0 Å². The highest BCUT2D eigenvalue weighted by molar-refractivity contribution is 7.92. The van der Waals surface area contributed by atoms with Gasteiger partial charge in [0, 0.05) is 13.1 Å². The second-order valence-electron chi connectivity index (χ2n) is 9.55. The van der Waals surface area contributed by atoms with Gasteiger partial charge in [0.2, 0.25) is 11.8 Å². The first kappa shape index (κ1) is 28.9. The molecule has 1 unspecified atom stereocenters. The molecule has 0 radical (unpaired) electrons. The van der Waals surface area contributed by atoms with Crippen molar-refractivity contribution in [3.63, 3.8) is 0 Å². The Morgan fingerprint density at radius 2 is 1.39 bits per heavy atom. The topological polar surface area (TPSA) is 86.8 Å². The van der Waals surface area contributed by atoms with E-state index in [0.717, 1.165) is 9.87 Å². The SMILES string of the molecule is CCC(C(=O)NCC(C)C)N(CCc1ccccc1)C(=O)CN(c1ccccc1)S(=O)(=O)c1ccccc1. The first-order valence-electron chi connectivity index (χ1n) is 13.0. The molecule has 3 aromatic carbocycles. The normalized spacial score (nSPS) is 12.1. The predicted molar refractivity (Wildman–Crippen MR) is 151 cm³/mol. The average Bonchev–Trinajstić information content (AvgIpc) is 2.94. The molecule has 7 nitrogen and oxygen atoms in total. The standard InChI is InChI=1S/C30H37N3O4S/c1-4-28(30(35)31-22-24(2)3)32(21-20-25-14-8-5-9-15-25)29(34)23-33(26-16-10-6-11-17-26)38(36,37)27-18-12-7-13-19-27/h5-19,24,28H,4,20-23H2,1-3H3,(H,31,35). The number of hydrogen-bond donors (Lipinski definition) is 1. The number of para-hydroxylation sites is 1. The summed E-state index contributed by atoms with van der Waals surface area (Å²) >= 11 is 0. The molecule has 1 N–H and O–H groups in total. The summed E-state index contributed by atoms with van der Waals surface area (Å²) < 4.78 is 28.5. The van der Waals surface area contributed by atoms with Crippen molar-refractivity contribution in [2.45, 2.75) is 44.6 Å². The summed E-state index contributed by atoms with van der Waals surface area (Å²) in [6, 6.07) is 25.6. The number of sulfonamides is 1. The van der Waals surface area contributed by atoms with Crippen molar-refractivity contribution in [1.82, 2.24) is 10.2 Å². The zero-order chi connectivity index (χ0) is 27.5. The lowest BCUT2D eigenvalue weighted by Crippen LogP contribution is -2.53. The molecule has 3 aromatic rings. The Hall–Kier alpha value is -3.65. The lowest BCUT2D eigenvalue weighted by molar-refractivity contribution is -0.139. The highest BCUT2D eigenvalue weighted by Gasteiger charge is 2.33. The first-order chi connectivity index (χ1) is 18.2. The predicted octanol–water partition coefficient (Wildman–Crippen LogP) is 4.50. The van der Waals surface area contributed by atoms with Gasteiger partial charge in [0.05, 0.1) is 10.6 Å². The lowest BCUT2D eigenvalue weighted by atomic mass is 10.1. The Morgan fingerprint density at radius 1 is 0.842 bits per heavy atom. The molecule has 1 atom stereocenters. The van der Waals surface area contributed by atoms with Gasteiger partial charge in [-0.3, -0.25) is 13.9 Å². The number of benzene rings is 3. The van der Waals surface area contributed by atoms with Gasteiger partial charge in [-0.1, -0.05) is 87.5 Å². The zero-order valence-corrected chi connectivity index (χ0v) is 23.1. The molecule has 8 heteroatoms. The van der Waals surface area contributed by atoms with Crippen LogP contribution in [0.4, 0.5) is 5.69 Å². The van der Waals surface area contributed by atoms with Crippen molar-refractivity contribution in [3.8, 4) is 0 Å². The molecule has 0 saturated heterocycles. The molecule has 0 aliphatic heterocycles. The van der Waals surface area contributed by atoms with E-state index in [2.05, 4.69) is 5.32 Å². The second kappa shape index (κ2) is 13.8. The maximum absolute atomic E-state index is 13.9. The fourth-order valence-corrected chi connectivity index (χ4v) is 5.60. The van der Waals surface area contributed by atoms with Crippen LogP contribution in [-0.4, -0.2) is 50.8 Å². The number of carbonyl (C=O) groups excluding carboxylic acids is 2. The molecule has 0 aromatic heterocycles. The third-order valence-electron chi connectivity index (χ3n) is 6.21.